The standard InChI is InChI=1S/C27H28ClN3O2/c28-23-8-4-20(5-9-23)21-7-11-26-22(19-21)6-10-25(33-26)3-1-2-16-30-17-18-31(27(30)32)24-12-14-29-15-13-24/h4-5,7-9,11-15,19,25H,1-3,6,10,16-18H2. The van der Waals surface area contributed by atoms with Crippen LogP contribution in [0.4, 0.5) is 10.5 Å². The van der Waals surface area contributed by atoms with Gasteiger partial charge >= 0.3 is 6.03 Å². The highest BCUT2D eigenvalue weighted by molar-refractivity contribution is 6.30. The number of nitrogens with zero attached hydrogens (tertiary/aromatic N) is 3. The third-order valence-electron chi connectivity index (χ3n) is 6.54. The molecule has 0 spiro atoms. The first-order valence-corrected chi connectivity index (χ1v) is 12.1. The third kappa shape index (κ3) is 4.98. The quantitative estimate of drug-likeness (QED) is 0.393. The predicted octanol–water partition coefficient (Wildman–Crippen LogP) is 6.21. The number of amides is 2. The van der Waals surface area contributed by atoms with Crippen molar-refractivity contribution >= 4 is 23.3 Å². The first kappa shape index (κ1) is 21.8. The van der Waals surface area contributed by atoms with Crippen LogP contribution in [0.2, 0.25) is 5.02 Å². The number of urea groups is 1. The highest BCUT2D eigenvalue weighted by atomic mass is 35.5. The van der Waals surface area contributed by atoms with Gasteiger partial charge in [0, 0.05) is 42.7 Å². The molecular formula is C27H28ClN3O2. The van der Waals surface area contributed by atoms with Crippen molar-refractivity contribution in [3.63, 3.8) is 0 Å². The number of rotatable bonds is 7. The highest BCUT2D eigenvalue weighted by Gasteiger charge is 2.29. The second-order valence-corrected chi connectivity index (χ2v) is 9.17. The van der Waals surface area contributed by atoms with Crippen LogP contribution in [0.3, 0.4) is 0 Å². The van der Waals surface area contributed by atoms with Gasteiger partial charge < -0.3 is 9.64 Å². The Morgan fingerprint density at radius 1 is 0.970 bits per heavy atom. The molecule has 0 aliphatic carbocycles. The fraction of sp³-hybridized carbons (Fsp3) is 0.333. The molecule has 6 heteroatoms. The Morgan fingerprint density at radius 3 is 2.58 bits per heavy atom. The van der Waals surface area contributed by atoms with E-state index in [2.05, 4.69) is 35.3 Å². The number of ether oxygens (including phenoxy) is 1. The maximum absolute atomic E-state index is 12.7. The second-order valence-electron chi connectivity index (χ2n) is 8.73. The summed E-state index contributed by atoms with van der Waals surface area (Å²) in [6, 6.07) is 18.3. The van der Waals surface area contributed by atoms with Crippen molar-refractivity contribution in [1.29, 1.82) is 0 Å². The van der Waals surface area contributed by atoms with Gasteiger partial charge in [0.05, 0.1) is 6.10 Å². The first-order chi connectivity index (χ1) is 16.2. The van der Waals surface area contributed by atoms with Crippen molar-refractivity contribution in [3.8, 4) is 16.9 Å². The molecule has 1 fully saturated rings. The van der Waals surface area contributed by atoms with Gasteiger partial charge in [-0.1, -0.05) is 29.8 Å². The maximum atomic E-state index is 12.7. The van der Waals surface area contributed by atoms with Gasteiger partial charge in [-0.3, -0.25) is 9.88 Å². The zero-order chi connectivity index (χ0) is 22.6. The molecule has 5 rings (SSSR count). The van der Waals surface area contributed by atoms with Crippen LogP contribution in [0.1, 0.15) is 31.2 Å². The number of unbranched alkanes of at least 4 members (excludes halogenated alkanes) is 1. The Bertz CT molecular complexity index is 1100. The molecule has 1 unspecified atom stereocenters. The predicted molar refractivity (Wildman–Crippen MR) is 132 cm³/mol. The molecule has 2 aliphatic heterocycles. The summed E-state index contributed by atoms with van der Waals surface area (Å²) in [4.78, 5) is 20.5. The number of fused-ring (bicyclic) bond motifs is 1. The molecule has 1 atom stereocenters. The van der Waals surface area contributed by atoms with E-state index < -0.39 is 0 Å². The van der Waals surface area contributed by atoms with Gasteiger partial charge in [0.2, 0.25) is 0 Å². The van der Waals surface area contributed by atoms with E-state index in [1.54, 1.807) is 12.4 Å². The van der Waals surface area contributed by atoms with Crippen molar-refractivity contribution in [1.82, 2.24) is 9.88 Å². The van der Waals surface area contributed by atoms with E-state index in [0.29, 0.717) is 0 Å². The van der Waals surface area contributed by atoms with Crippen LogP contribution in [-0.2, 0) is 6.42 Å². The molecule has 2 amide bonds. The molecule has 2 aliphatic rings. The molecule has 0 N–H and O–H groups in total. The lowest BCUT2D eigenvalue weighted by molar-refractivity contribution is 0.159. The van der Waals surface area contributed by atoms with Gasteiger partial charge in [0.1, 0.15) is 5.75 Å². The number of hydrogen-bond acceptors (Lipinski definition) is 3. The lowest BCUT2D eigenvalue weighted by Gasteiger charge is -2.27. The molecule has 3 aromatic rings. The van der Waals surface area contributed by atoms with E-state index in [9.17, 15) is 4.79 Å². The van der Waals surface area contributed by atoms with Crippen LogP contribution < -0.4 is 9.64 Å². The van der Waals surface area contributed by atoms with Crippen molar-refractivity contribution in [3.05, 3.63) is 77.6 Å². The average Bonchev–Trinajstić information content (AvgIpc) is 3.22. The summed E-state index contributed by atoms with van der Waals surface area (Å²) in [6.07, 6.45) is 8.86. The molecule has 0 saturated carbocycles. The van der Waals surface area contributed by atoms with Gasteiger partial charge in [-0.15, -0.1) is 0 Å². The number of anilines is 1. The van der Waals surface area contributed by atoms with Crippen molar-refractivity contribution in [2.24, 2.45) is 0 Å². The Kier molecular flexibility index (Phi) is 6.49. The average molecular weight is 462 g/mol. The minimum atomic E-state index is 0.0977. The van der Waals surface area contributed by atoms with Gasteiger partial charge in [0.25, 0.3) is 0 Å². The maximum Gasteiger partial charge on any atom is 0.324 e. The van der Waals surface area contributed by atoms with E-state index >= 15 is 0 Å². The van der Waals surface area contributed by atoms with Crippen molar-refractivity contribution < 1.29 is 9.53 Å². The highest BCUT2D eigenvalue weighted by Crippen LogP contribution is 2.33. The van der Waals surface area contributed by atoms with Gasteiger partial charge in [-0.2, -0.15) is 0 Å². The SMILES string of the molecule is O=C1N(CCCCC2CCc3cc(-c4ccc(Cl)cc4)ccc3O2)CCN1c1ccncc1. The number of aryl methyl sites for hydroxylation is 1. The van der Waals surface area contributed by atoms with Crippen LogP contribution in [0, 0.1) is 0 Å². The summed E-state index contributed by atoms with van der Waals surface area (Å²) < 4.78 is 6.29. The minimum Gasteiger partial charge on any atom is -0.490 e. The lowest BCUT2D eigenvalue weighted by Crippen LogP contribution is -2.32. The number of hydrogen-bond donors (Lipinski definition) is 0. The Balaban J connectivity index is 1.09. The normalized spacial score (nSPS) is 17.7. The summed E-state index contributed by atoms with van der Waals surface area (Å²) in [5.74, 6) is 1.01. The van der Waals surface area contributed by atoms with Crippen LogP contribution >= 0.6 is 11.6 Å². The smallest absolute Gasteiger partial charge is 0.324 e. The second kappa shape index (κ2) is 9.84. The molecule has 0 radical (unpaired) electrons. The Morgan fingerprint density at radius 2 is 1.76 bits per heavy atom. The molecule has 170 valence electrons. The van der Waals surface area contributed by atoms with Crippen molar-refractivity contribution in [2.45, 2.75) is 38.2 Å². The molecule has 1 saturated heterocycles. The fourth-order valence-corrected chi connectivity index (χ4v) is 4.82. The Hall–Kier alpha value is -3.05. The molecule has 33 heavy (non-hydrogen) atoms. The number of pyridine rings is 1. The summed E-state index contributed by atoms with van der Waals surface area (Å²) in [5.41, 5.74) is 4.57. The third-order valence-corrected chi connectivity index (χ3v) is 6.79. The fourth-order valence-electron chi connectivity index (χ4n) is 4.70. The molecule has 3 heterocycles. The van der Waals surface area contributed by atoms with Crippen LogP contribution in [0.15, 0.2) is 67.0 Å². The zero-order valence-corrected chi connectivity index (χ0v) is 19.4. The summed E-state index contributed by atoms with van der Waals surface area (Å²) in [5, 5.41) is 0.753. The molecular weight excluding hydrogens is 434 g/mol. The summed E-state index contributed by atoms with van der Waals surface area (Å²) >= 11 is 6.01. The van der Waals surface area contributed by atoms with E-state index in [0.717, 1.165) is 68.2 Å². The van der Waals surface area contributed by atoms with E-state index in [1.807, 2.05) is 34.1 Å². The number of halogens is 1. The van der Waals surface area contributed by atoms with Gasteiger partial charge in [-0.05, 0) is 85.2 Å². The summed E-state index contributed by atoms with van der Waals surface area (Å²) in [6.45, 7) is 2.32. The van der Waals surface area contributed by atoms with E-state index in [4.69, 9.17) is 16.3 Å². The van der Waals surface area contributed by atoms with Crippen LogP contribution in [0.25, 0.3) is 11.1 Å². The molecule has 2 aromatic carbocycles. The molecule has 1 aromatic heterocycles. The minimum absolute atomic E-state index is 0.0977. The van der Waals surface area contributed by atoms with Crippen molar-refractivity contribution in [2.75, 3.05) is 24.5 Å². The monoisotopic (exact) mass is 461 g/mol. The van der Waals surface area contributed by atoms with Crippen LogP contribution in [0.5, 0.6) is 5.75 Å². The number of carbonyl (C=O) groups excluding carboxylic acids is 1. The van der Waals surface area contributed by atoms with Crippen LogP contribution in [-0.4, -0.2) is 41.7 Å². The molecule has 5 nitrogen and oxygen atoms in total. The Labute approximate surface area is 200 Å². The van der Waals surface area contributed by atoms with Gasteiger partial charge in [0.15, 0.2) is 0 Å². The topological polar surface area (TPSA) is 45.7 Å². The van der Waals surface area contributed by atoms with E-state index in [1.165, 1.54) is 16.7 Å². The number of benzene rings is 2. The number of aromatic nitrogens is 1. The van der Waals surface area contributed by atoms with Gasteiger partial charge in [-0.25, -0.2) is 4.79 Å². The number of carbonyl (C=O) groups is 1. The zero-order valence-electron chi connectivity index (χ0n) is 18.6. The molecule has 0 bridgehead atoms. The first-order valence-electron chi connectivity index (χ1n) is 11.7. The largest absolute Gasteiger partial charge is 0.490 e. The van der Waals surface area contributed by atoms with E-state index in [-0.39, 0.29) is 12.1 Å². The lowest BCUT2D eigenvalue weighted by atomic mass is 9.95. The summed E-state index contributed by atoms with van der Waals surface area (Å²) in [7, 11) is 0.